The molecule has 1 aromatic carbocycles. The predicted octanol–water partition coefficient (Wildman–Crippen LogP) is 1.84. The van der Waals surface area contributed by atoms with E-state index >= 15 is 0 Å². The van der Waals surface area contributed by atoms with Crippen LogP contribution < -0.4 is 5.73 Å². The number of aliphatic carboxylic acids is 1. The van der Waals surface area contributed by atoms with Gasteiger partial charge in [0.1, 0.15) is 6.04 Å². The van der Waals surface area contributed by atoms with Crippen molar-refractivity contribution in [2.24, 2.45) is 5.73 Å². The molecule has 0 unspecified atom stereocenters. The van der Waals surface area contributed by atoms with Crippen molar-refractivity contribution < 1.29 is 9.90 Å². The van der Waals surface area contributed by atoms with E-state index < -0.39 is 12.0 Å². The first-order valence-electron chi connectivity index (χ1n) is 4.16. The Bertz CT molecular complexity index is 262. The van der Waals surface area contributed by atoms with Crippen molar-refractivity contribution in [2.45, 2.75) is 18.8 Å². The Balaban J connectivity index is 0.000000255. The van der Waals surface area contributed by atoms with Gasteiger partial charge in [-0.25, -0.2) is 0 Å². The third kappa shape index (κ3) is 6.46. The minimum Gasteiger partial charge on any atom is -0.480 e. The Labute approximate surface area is 88.5 Å². The molecule has 1 aromatic rings. The molecule has 0 aliphatic rings. The van der Waals surface area contributed by atoms with E-state index in [1.54, 1.807) is 0 Å². The van der Waals surface area contributed by atoms with Gasteiger partial charge in [-0.3, -0.25) is 4.79 Å². The largest absolute Gasteiger partial charge is 0.480 e. The summed E-state index contributed by atoms with van der Waals surface area (Å²) in [5.41, 5.74) is 6.01. The molecule has 0 radical (unpaired) electrons. The van der Waals surface area contributed by atoms with E-state index in [2.05, 4.69) is 0 Å². The van der Waals surface area contributed by atoms with Gasteiger partial charge in [0.05, 0.1) is 0 Å². The number of carbonyl (C=O) groups is 1. The third-order valence-electron chi connectivity index (χ3n) is 1.39. The monoisotopic (exact) mass is 215 g/mol. The molecule has 0 saturated carbocycles. The smallest absolute Gasteiger partial charge is 0.320 e. The van der Waals surface area contributed by atoms with Crippen LogP contribution in [0.15, 0.2) is 30.3 Å². The average Bonchev–Trinajstić information content (AvgIpc) is 2.20. The van der Waals surface area contributed by atoms with E-state index in [4.69, 9.17) is 22.4 Å². The van der Waals surface area contributed by atoms with Crippen molar-refractivity contribution in [1.29, 1.82) is 0 Å². The van der Waals surface area contributed by atoms with Crippen molar-refractivity contribution in [1.82, 2.24) is 0 Å². The normalized spacial score (nSPS) is 11.1. The highest BCUT2D eigenvalue weighted by Gasteiger charge is 1.99. The summed E-state index contributed by atoms with van der Waals surface area (Å²) in [6, 6.07) is 9.23. The van der Waals surface area contributed by atoms with Crippen LogP contribution in [0.4, 0.5) is 0 Å². The molecule has 0 heterocycles. The molecule has 0 aliphatic heterocycles. The quantitative estimate of drug-likeness (QED) is 0.740. The van der Waals surface area contributed by atoms with Gasteiger partial charge >= 0.3 is 5.97 Å². The highest BCUT2D eigenvalue weighted by atomic mass is 35.5. The second kappa shape index (κ2) is 7.35. The van der Waals surface area contributed by atoms with Crippen LogP contribution in [-0.2, 0) is 10.7 Å². The van der Waals surface area contributed by atoms with Gasteiger partial charge in [0.15, 0.2) is 0 Å². The van der Waals surface area contributed by atoms with Crippen LogP contribution in [0.25, 0.3) is 0 Å². The summed E-state index contributed by atoms with van der Waals surface area (Å²) in [5, 5.41) is 7.87. The van der Waals surface area contributed by atoms with Crippen LogP contribution in [0, 0.1) is 0 Å². The van der Waals surface area contributed by atoms with Gasteiger partial charge in [0, 0.05) is 5.88 Å². The summed E-state index contributed by atoms with van der Waals surface area (Å²) >= 11 is 5.53. The molecule has 0 fully saturated rings. The van der Waals surface area contributed by atoms with Crippen molar-refractivity contribution in [3.63, 3.8) is 0 Å². The highest BCUT2D eigenvalue weighted by molar-refractivity contribution is 6.17. The topological polar surface area (TPSA) is 63.3 Å². The van der Waals surface area contributed by atoms with E-state index in [0.717, 1.165) is 0 Å². The first-order valence-corrected chi connectivity index (χ1v) is 4.69. The molecule has 4 heteroatoms. The van der Waals surface area contributed by atoms with Crippen LogP contribution >= 0.6 is 11.6 Å². The van der Waals surface area contributed by atoms with Crippen molar-refractivity contribution in [2.75, 3.05) is 0 Å². The fourth-order valence-corrected chi connectivity index (χ4v) is 0.745. The van der Waals surface area contributed by atoms with Crippen molar-refractivity contribution in [3.8, 4) is 0 Å². The summed E-state index contributed by atoms with van der Waals surface area (Å²) in [5.74, 6) is -0.351. The van der Waals surface area contributed by atoms with Gasteiger partial charge in [-0.2, -0.15) is 0 Å². The molecule has 78 valence electrons. The number of hydrogen-bond donors (Lipinski definition) is 2. The minimum absolute atomic E-state index is 0.612. The summed E-state index contributed by atoms with van der Waals surface area (Å²) < 4.78 is 0. The second-order valence-corrected chi connectivity index (χ2v) is 3.01. The molecular formula is C10H14ClNO2. The van der Waals surface area contributed by atoms with Gasteiger partial charge in [-0.15, -0.1) is 11.6 Å². The SMILES string of the molecule is C[C@H](N)C(=O)O.ClCc1ccccc1. The summed E-state index contributed by atoms with van der Waals surface area (Å²) in [6.45, 7) is 1.42. The van der Waals surface area contributed by atoms with Crippen LogP contribution in [0.5, 0.6) is 0 Å². The first-order chi connectivity index (χ1) is 6.57. The van der Waals surface area contributed by atoms with Gasteiger partial charge in [-0.05, 0) is 12.5 Å². The van der Waals surface area contributed by atoms with E-state index in [9.17, 15) is 4.79 Å². The maximum Gasteiger partial charge on any atom is 0.320 e. The summed E-state index contributed by atoms with van der Waals surface area (Å²) in [4.78, 5) is 9.57. The van der Waals surface area contributed by atoms with Crippen LogP contribution in [0.3, 0.4) is 0 Å². The number of benzene rings is 1. The first kappa shape index (κ1) is 12.9. The molecule has 1 rings (SSSR count). The molecule has 0 spiro atoms. The van der Waals surface area contributed by atoms with E-state index in [1.807, 2.05) is 30.3 Å². The number of nitrogens with two attached hydrogens (primary N) is 1. The zero-order valence-electron chi connectivity index (χ0n) is 7.98. The van der Waals surface area contributed by atoms with Gasteiger partial charge in [0.2, 0.25) is 0 Å². The van der Waals surface area contributed by atoms with Crippen LogP contribution in [0.2, 0.25) is 0 Å². The summed E-state index contributed by atoms with van der Waals surface area (Å²) in [7, 11) is 0. The molecule has 1 atom stereocenters. The van der Waals surface area contributed by atoms with Crippen LogP contribution in [-0.4, -0.2) is 17.1 Å². The fraction of sp³-hybridized carbons (Fsp3) is 0.300. The minimum atomic E-state index is -0.963. The molecule has 0 aliphatic carbocycles. The molecule has 0 bridgehead atoms. The third-order valence-corrected chi connectivity index (χ3v) is 1.70. The molecule has 3 nitrogen and oxygen atoms in total. The number of hydrogen-bond acceptors (Lipinski definition) is 2. The zero-order chi connectivity index (χ0) is 11.0. The fourth-order valence-electron chi connectivity index (χ4n) is 0.567. The number of carboxylic acids is 1. The van der Waals surface area contributed by atoms with E-state index in [1.165, 1.54) is 12.5 Å². The lowest BCUT2D eigenvalue weighted by atomic mass is 10.2. The lowest BCUT2D eigenvalue weighted by molar-refractivity contribution is -0.138. The lowest BCUT2D eigenvalue weighted by Gasteiger charge is -1.90. The average molecular weight is 216 g/mol. The number of rotatable bonds is 2. The van der Waals surface area contributed by atoms with Gasteiger partial charge in [-0.1, -0.05) is 30.3 Å². The van der Waals surface area contributed by atoms with Crippen LogP contribution in [0.1, 0.15) is 12.5 Å². The number of carboxylic acid groups (broad SMARTS) is 1. The molecule has 0 amide bonds. The maximum absolute atomic E-state index is 9.57. The zero-order valence-corrected chi connectivity index (χ0v) is 8.74. The lowest BCUT2D eigenvalue weighted by Crippen LogP contribution is -2.25. The molecule has 0 saturated heterocycles. The number of halogens is 1. The Hall–Kier alpha value is -1.06. The predicted molar refractivity (Wildman–Crippen MR) is 57.3 cm³/mol. The van der Waals surface area contributed by atoms with E-state index in [0.29, 0.717) is 5.88 Å². The Morgan fingerprint density at radius 3 is 2.14 bits per heavy atom. The van der Waals surface area contributed by atoms with Crippen molar-refractivity contribution >= 4 is 17.6 Å². The van der Waals surface area contributed by atoms with Crippen molar-refractivity contribution in [3.05, 3.63) is 35.9 Å². The Morgan fingerprint density at radius 1 is 1.50 bits per heavy atom. The Kier molecular flexibility index (Phi) is 6.80. The number of alkyl halides is 1. The second-order valence-electron chi connectivity index (χ2n) is 2.75. The van der Waals surface area contributed by atoms with Gasteiger partial charge < -0.3 is 10.8 Å². The molecule has 0 aromatic heterocycles. The Morgan fingerprint density at radius 2 is 1.93 bits per heavy atom. The molecular weight excluding hydrogens is 202 g/mol. The van der Waals surface area contributed by atoms with E-state index in [-0.39, 0.29) is 0 Å². The highest BCUT2D eigenvalue weighted by Crippen LogP contribution is 2.00. The molecule has 14 heavy (non-hydrogen) atoms. The maximum atomic E-state index is 9.57. The molecule has 3 N–H and O–H groups in total. The summed E-state index contributed by atoms with van der Waals surface area (Å²) in [6.07, 6.45) is 0. The standard InChI is InChI=1S/C7H7Cl.C3H7NO2/c8-6-7-4-2-1-3-5-7;1-2(4)3(5)6/h1-5H,6H2;2H,4H2,1H3,(H,5,6)/t;2-/m.0/s1. The van der Waals surface area contributed by atoms with Gasteiger partial charge in [0.25, 0.3) is 0 Å².